The van der Waals surface area contributed by atoms with Crippen LogP contribution in [0.2, 0.25) is 0 Å². The highest BCUT2D eigenvalue weighted by molar-refractivity contribution is 14.1. The Morgan fingerprint density at radius 3 is 2.27 bits per heavy atom. The molecule has 3 atom stereocenters. The van der Waals surface area contributed by atoms with Crippen molar-refractivity contribution < 1.29 is 13.5 Å². The highest BCUT2D eigenvalue weighted by Crippen LogP contribution is 2.49. The van der Waals surface area contributed by atoms with Crippen molar-refractivity contribution in [2.24, 2.45) is 16.2 Å². The number of hydrogen-bond donors (Lipinski definition) is 1. The van der Waals surface area contributed by atoms with E-state index >= 15 is 8.78 Å². The van der Waals surface area contributed by atoms with Gasteiger partial charge >= 0.3 is 6.11 Å². The Balaban J connectivity index is 2.06. The fourth-order valence-electron chi connectivity index (χ4n) is 6.09. The minimum atomic E-state index is -3.49. The van der Waals surface area contributed by atoms with Crippen LogP contribution in [0.15, 0.2) is 94.4 Å². The lowest BCUT2D eigenvalue weighted by Crippen LogP contribution is -2.26. The van der Waals surface area contributed by atoms with E-state index in [0.29, 0.717) is 5.75 Å². The van der Waals surface area contributed by atoms with Crippen LogP contribution in [0.5, 0.6) is 0 Å². The number of fused-ring (bicyclic) bond motifs is 1. The molecule has 3 unspecified atom stereocenters. The Morgan fingerprint density at radius 2 is 1.59 bits per heavy atom. The Morgan fingerprint density at radius 1 is 0.878 bits per heavy atom. The van der Waals surface area contributed by atoms with Crippen LogP contribution in [0.3, 0.4) is 0 Å². The molecule has 226 valence electrons. The predicted octanol–water partition coefficient (Wildman–Crippen LogP) is 11.4. The van der Waals surface area contributed by atoms with Crippen molar-refractivity contribution in [1.29, 1.82) is 0 Å². The minimum Gasteiger partial charge on any atom is -0.429 e. The molecule has 6 heteroatoms. The quantitative estimate of drug-likeness (QED) is 0.0881. The molecule has 0 fully saturated rings. The van der Waals surface area contributed by atoms with Gasteiger partial charge in [-0.05, 0) is 97.0 Å². The molecule has 3 aliphatic rings. The fourth-order valence-corrected chi connectivity index (χ4v) is 7.51. The Kier molecular flexibility index (Phi) is 12.3. The van der Waals surface area contributed by atoms with E-state index in [4.69, 9.17) is 4.74 Å². The third-order valence-electron chi connectivity index (χ3n) is 8.07. The molecule has 3 rings (SSSR count). The molecule has 1 nitrogen and oxygen atoms in total. The summed E-state index contributed by atoms with van der Waals surface area (Å²) in [5, 5.41) is 0. The van der Waals surface area contributed by atoms with E-state index in [1.54, 1.807) is 18.2 Å². The van der Waals surface area contributed by atoms with Crippen molar-refractivity contribution in [3.05, 3.63) is 94.4 Å². The first kappa shape index (κ1) is 34.5. The zero-order valence-electron chi connectivity index (χ0n) is 25.5. The lowest BCUT2D eigenvalue weighted by molar-refractivity contribution is -0.177. The summed E-state index contributed by atoms with van der Waals surface area (Å²) >= 11 is 8.78. The van der Waals surface area contributed by atoms with Crippen LogP contribution in [-0.4, -0.2) is 27.8 Å². The zero-order chi connectivity index (χ0) is 30.3. The van der Waals surface area contributed by atoms with E-state index in [-0.39, 0.29) is 22.2 Å². The third kappa shape index (κ3) is 9.50. The van der Waals surface area contributed by atoms with Crippen molar-refractivity contribution in [2.45, 2.75) is 79.8 Å². The SMILES string of the molecule is CCSCCC1(C)C=C(C)C=C2C=CC(C(F)(F)OC3=CC(C)(CCCI)C=C(C)C=C3)=CC(C)(CCCS)C2=C1. The van der Waals surface area contributed by atoms with E-state index < -0.39 is 11.5 Å². The molecule has 0 spiro atoms. The second kappa shape index (κ2) is 14.7. The van der Waals surface area contributed by atoms with E-state index in [1.807, 2.05) is 36.9 Å². The third-order valence-corrected chi connectivity index (χ3v) is 10.1. The van der Waals surface area contributed by atoms with Crippen LogP contribution in [0.4, 0.5) is 8.78 Å². The van der Waals surface area contributed by atoms with Gasteiger partial charge in [0, 0.05) is 16.2 Å². The highest BCUT2D eigenvalue weighted by atomic mass is 127. The molecule has 0 radical (unpaired) electrons. The molecule has 0 aliphatic heterocycles. The van der Waals surface area contributed by atoms with Crippen LogP contribution >= 0.6 is 47.0 Å². The first-order valence-electron chi connectivity index (χ1n) is 14.8. The minimum absolute atomic E-state index is 0.101. The Labute approximate surface area is 271 Å². The second-order valence-electron chi connectivity index (χ2n) is 12.4. The van der Waals surface area contributed by atoms with Gasteiger partial charge in [0.05, 0.1) is 5.57 Å². The lowest BCUT2D eigenvalue weighted by Gasteiger charge is -2.33. The monoisotopic (exact) mass is 712 g/mol. The Hall–Kier alpha value is -0.990. The van der Waals surface area contributed by atoms with Gasteiger partial charge in [0.15, 0.2) is 0 Å². The smallest absolute Gasteiger partial charge is 0.426 e. The first-order chi connectivity index (χ1) is 19.3. The number of ether oxygens (including phenoxy) is 1. The van der Waals surface area contributed by atoms with Crippen molar-refractivity contribution in [1.82, 2.24) is 0 Å². The summed E-state index contributed by atoms with van der Waals surface area (Å²) in [5.41, 5.74) is 3.12. The standard InChI is InChI=1S/C35H47F2IOS2/c1-7-41-19-16-33(5)22-27(3)20-28-11-12-29(23-34(6,15-9-18-40)31(28)25-33)35(36,37)39-30-13-10-26(2)21-32(4,24-30)14-8-17-38/h10-13,20-25,40H,7-9,14-19H2,1-6H3. The zero-order valence-corrected chi connectivity index (χ0v) is 29.4. The summed E-state index contributed by atoms with van der Waals surface area (Å²) in [6.07, 6.45) is 20.5. The summed E-state index contributed by atoms with van der Waals surface area (Å²) in [6.45, 7) is 12.8. The van der Waals surface area contributed by atoms with Crippen LogP contribution < -0.4 is 0 Å². The van der Waals surface area contributed by atoms with Crippen molar-refractivity contribution in [3.63, 3.8) is 0 Å². The number of hydrogen-bond acceptors (Lipinski definition) is 3. The molecular formula is C35H47F2IOS2. The summed E-state index contributed by atoms with van der Waals surface area (Å²) in [6, 6.07) is 0. The van der Waals surface area contributed by atoms with Gasteiger partial charge in [-0.25, -0.2) is 0 Å². The highest BCUT2D eigenvalue weighted by Gasteiger charge is 2.42. The molecule has 0 bridgehead atoms. The number of thiol groups is 1. The van der Waals surface area contributed by atoms with Gasteiger partial charge in [-0.3, -0.25) is 0 Å². The van der Waals surface area contributed by atoms with E-state index in [9.17, 15) is 0 Å². The van der Waals surface area contributed by atoms with Crippen molar-refractivity contribution in [3.8, 4) is 0 Å². The molecule has 0 saturated heterocycles. The maximum Gasteiger partial charge on any atom is 0.426 e. The van der Waals surface area contributed by atoms with Crippen molar-refractivity contribution in [2.75, 3.05) is 21.7 Å². The average Bonchev–Trinajstić information content (AvgIpc) is 3.18. The van der Waals surface area contributed by atoms with Gasteiger partial charge in [0.2, 0.25) is 0 Å². The normalized spacial score (nSPS) is 28.2. The Bertz CT molecular complexity index is 1200. The summed E-state index contributed by atoms with van der Waals surface area (Å²) < 4.78 is 38.9. The van der Waals surface area contributed by atoms with Crippen LogP contribution in [0, 0.1) is 16.2 Å². The topological polar surface area (TPSA) is 9.23 Å². The molecule has 3 aliphatic carbocycles. The molecule has 0 heterocycles. The number of allylic oxidation sites excluding steroid dienone is 13. The largest absolute Gasteiger partial charge is 0.429 e. The van der Waals surface area contributed by atoms with Crippen LogP contribution in [0.1, 0.15) is 73.6 Å². The van der Waals surface area contributed by atoms with Gasteiger partial charge in [0.1, 0.15) is 5.76 Å². The summed E-state index contributed by atoms with van der Waals surface area (Å²) in [5.74, 6) is 3.05. The molecule has 0 aromatic rings. The average molecular weight is 713 g/mol. The second-order valence-corrected chi connectivity index (χ2v) is 15.3. The van der Waals surface area contributed by atoms with Gasteiger partial charge in [-0.15, -0.1) is 0 Å². The molecule has 0 saturated carbocycles. The lowest BCUT2D eigenvalue weighted by atomic mass is 9.72. The number of thioether (sulfide) groups is 1. The van der Waals surface area contributed by atoms with Crippen LogP contribution in [-0.2, 0) is 4.74 Å². The van der Waals surface area contributed by atoms with Gasteiger partial charge in [-0.1, -0.05) is 104 Å². The maximum atomic E-state index is 16.2. The number of halogens is 3. The molecular weight excluding hydrogens is 665 g/mol. The van der Waals surface area contributed by atoms with Gasteiger partial charge in [0.25, 0.3) is 0 Å². The van der Waals surface area contributed by atoms with Gasteiger partial charge in [-0.2, -0.15) is 33.2 Å². The van der Waals surface area contributed by atoms with Crippen molar-refractivity contribution >= 4 is 47.0 Å². The van der Waals surface area contributed by atoms with E-state index in [2.05, 4.69) is 94.1 Å². The fraction of sp³-hybridized carbons (Fsp3) is 0.543. The summed E-state index contributed by atoms with van der Waals surface area (Å²) in [4.78, 5) is 0. The molecule has 0 amide bonds. The molecule has 0 aromatic carbocycles. The summed E-state index contributed by atoms with van der Waals surface area (Å²) in [7, 11) is 0. The number of alkyl halides is 3. The van der Waals surface area contributed by atoms with Gasteiger partial charge < -0.3 is 4.74 Å². The predicted molar refractivity (Wildman–Crippen MR) is 187 cm³/mol. The van der Waals surface area contributed by atoms with E-state index in [1.165, 1.54) is 0 Å². The van der Waals surface area contributed by atoms with E-state index in [0.717, 1.165) is 70.3 Å². The van der Waals surface area contributed by atoms with Crippen LogP contribution in [0.25, 0.3) is 0 Å². The first-order valence-corrected chi connectivity index (χ1v) is 18.1. The molecule has 41 heavy (non-hydrogen) atoms. The molecule has 0 aromatic heterocycles. The number of rotatable bonds is 13. The molecule has 0 N–H and O–H groups in total. The maximum absolute atomic E-state index is 16.2.